The molecule has 14 heavy (non-hydrogen) atoms. The topological polar surface area (TPSA) is 54.4 Å². The minimum atomic E-state index is -0.0263. The Hall–Kier alpha value is -1.36. The van der Waals surface area contributed by atoms with Gasteiger partial charge >= 0.3 is 0 Å². The number of nitrogens with one attached hydrogen (secondary N) is 1. The molecule has 0 saturated heterocycles. The van der Waals surface area contributed by atoms with Crippen molar-refractivity contribution in [2.45, 2.75) is 11.4 Å². The van der Waals surface area contributed by atoms with Crippen molar-refractivity contribution in [2.24, 2.45) is 5.10 Å². The maximum absolute atomic E-state index is 10.8. The summed E-state index contributed by atoms with van der Waals surface area (Å²) in [7, 11) is 0. The molecular formula is C9H9N3OS. The van der Waals surface area contributed by atoms with Crippen LogP contribution in [0.15, 0.2) is 34.5 Å². The van der Waals surface area contributed by atoms with Gasteiger partial charge in [-0.25, -0.2) is 10.4 Å². The lowest BCUT2D eigenvalue weighted by molar-refractivity contribution is -0.119. The number of amides is 1. The van der Waals surface area contributed by atoms with E-state index in [9.17, 15) is 4.79 Å². The molecule has 1 amide bonds. The Balaban J connectivity index is 1.86. The highest BCUT2D eigenvalue weighted by molar-refractivity contribution is 7.99. The average Bonchev–Trinajstić information content (AvgIpc) is 2.63. The molecule has 0 aromatic carbocycles. The molecule has 72 valence electrons. The summed E-state index contributed by atoms with van der Waals surface area (Å²) in [5.74, 6) is 0.692. The first-order valence-corrected chi connectivity index (χ1v) is 5.21. The molecule has 0 radical (unpaired) electrons. The molecule has 1 aromatic heterocycles. The van der Waals surface area contributed by atoms with Gasteiger partial charge in [0.15, 0.2) is 0 Å². The van der Waals surface area contributed by atoms with Crippen LogP contribution in [0, 0.1) is 0 Å². The van der Waals surface area contributed by atoms with E-state index in [-0.39, 0.29) is 5.91 Å². The summed E-state index contributed by atoms with van der Waals surface area (Å²) in [5, 5.41) is 4.85. The molecule has 1 N–H and O–H groups in total. The van der Waals surface area contributed by atoms with Gasteiger partial charge in [0.1, 0.15) is 0 Å². The van der Waals surface area contributed by atoms with Crippen LogP contribution >= 0.6 is 11.8 Å². The van der Waals surface area contributed by atoms with Crippen LogP contribution in [0.2, 0.25) is 0 Å². The van der Waals surface area contributed by atoms with Crippen molar-refractivity contribution < 1.29 is 4.79 Å². The molecule has 0 fully saturated rings. The van der Waals surface area contributed by atoms with Gasteiger partial charge in [0, 0.05) is 11.9 Å². The number of pyridine rings is 1. The summed E-state index contributed by atoms with van der Waals surface area (Å²) in [4.78, 5) is 15.0. The van der Waals surface area contributed by atoms with E-state index in [4.69, 9.17) is 0 Å². The third-order valence-electron chi connectivity index (χ3n) is 1.73. The number of aromatic nitrogens is 1. The average molecular weight is 207 g/mol. The molecule has 0 aliphatic carbocycles. The molecule has 0 atom stereocenters. The van der Waals surface area contributed by atoms with E-state index in [0.29, 0.717) is 6.42 Å². The van der Waals surface area contributed by atoms with Crippen molar-refractivity contribution in [3.63, 3.8) is 0 Å². The lowest BCUT2D eigenvalue weighted by Gasteiger charge is -1.97. The molecule has 2 heterocycles. The molecule has 0 bridgehead atoms. The van der Waals surface area contributed by atoms with Crippen molar-refractivity contribution >= 4 is 23.4 Å². The van der Waals surface area contributed by atoms with E-state index >= 15 is 0 Å². The summed E-state index contributed by atoms with van der Waals surface area (Å²) < 4.78 is 0. The highest BCUT2D eigenvalue weighted by atomic mass is 32.2. The van der Waals surface area contributed by atoms with E-state index in [1.54, 1.807) is 18.0 Å². The lowest BCUT2D eigenvalue weighted by Crippen LogP contribution is -2.09. The van der Waals surface area contributed by atoms with Crippen molar-refractivity contribution in [1.29, 1.82) is 0 Å². The van der Waals surface area contributed by atoms with E-state index in [0.717, 1.165) is 16.5 Å². The number of carbonyl (C=O) groups is 1. The highest BCUT2D eigenvalue weighted by Gasteiger charge is 2.14. The van der Waals surface area contributed by atoms with Crippen molar-refractivity contribution in [3.05, 3.63) is 24.4 Å². The van der Waals surface area contributed by atoms with Crippen LogP contribution in [0.3, 0.4) is 0 Å². The number of hydrazone groups is 1. The molecule has 1 aromatic rings. The molecule has 1 aliphatic rings. The zero-order valence-corrected chi connectivity index (χ0v) is 8.25. The molecule has 2 rings (SSSR count). The first-order chi connectivity index (χ1) is 6.84. The van der Waals surface area contributed by atoms with Gasteiger partial charge in [-0.05, 0) is 12.1 Å². The molecule has 0 saturated carbocycles. The van der Waals surface area contributed by atoms with Crippen LogP contribution in [0.1, 0.15) is 6.42 Å². The second-order valence-electron chi connectivity index (χ2n) is 2.85. The summed E-state index contributed by atoms with van der Waals surface area (Å²) in [6.45, 7) is 0. The SMILES string of the molecule is O=C1CC(CSc2ccccn2)=NN1. The Morgan fingerprint density at radius 1 is 1.50 bits per heavy atom. The fraction of sp³-hybridized carbons (Fsp3) is 0.222. The number of thioether (sulfide) groups is 1. The van der Waals surface area contributed by atoms with Crippen molar-refractivity contribution in [2.75, 3.05) is 5.75 Å². The van der Waals surface area contributed by atoms with E-state index < -0.39 is 0 Å². The fourth-order valence-electron chi connectivity index (χ4n) is 1.08. The fourth-order valence-corrected chi connectivity index (χ4v) is 1.87. The number of carbonyl (C=O) groups excluding carboxylic acids is 1. The van der Waals surface area contributed by atoms with Crippen LogP contribution < -0.4 is 5.43 Å². The first kappa shape index (κ1) is 9.21. The molecule has 1 aliphatic heterocycles. The van der Waals surface area contributed by atoms with Gasteiger partial charge in [-0.3, -0.25) is 4.79 Å². The van der Waals surface area contributed by atoms with E-state index in [1.165, 1.54) is 0 Å². The number of rotatable bonds is 3. The van der Waals surface area contributed by atoms with Gasteiger partial charge < -0.3 is 0 Å². The summed E-state index contributed by atoms with van der Waals surface area (Å²) >= 11 is 1.59. The Morgan fingerprint density at radius 2 is 2.43 bits per heavy atom. The Bertz CT molecular complexity index is 364. The summed E-state index contributed by atoms with van der Waals surface area (Å²) in [6, 6.07) is 5.76. The minimum absolute atomic E-state index is 0.0263. The second kappa shape index (κ2) is 4.23. The Morgan fingerprint density at radius 3 is 3.07 bits per heavy atom. The number of hydrogen-bond donors (Lipinski definition) is 1. The normalized spacial score (nSPS) is 15.1. The van der Waals surface area contributed by atoms with Crippen molar-refractivity contribution in [3.8, 4) is 0 Å². The van der Waals surface area contributed by atoms with Crippen LogP contribution in [-0.4, -0.2) is 22.4 Å². The van der Waals surface area contributed by atoms with Gasteiger partial charge in [0.2, 0.25) is 5.91 Å². The van der Waals surface area contributed by atoms with Crippen LogP contribution in [0.25, 0.3) is 0 Å². The standard InChI is InChI=1S/C9H9N3OS/c13-8-5-7(11-12-8)6-14-9-3-1-2-4-10-9/h1-4H,5-6H2,(H,12,13). The smallest absolute Gasteiger partial charge is 0.245 e. The molecular weight excluding hydrogens is 198 g/mol. The molecule has 5 heteroatoms. The Kier molecular flexibility index (Phi) is 2.78. The van der Waals surface area contributed by atoms with Gasteiger partial charge in [0.05, 0.1) is 17.2 Å². The third-order valence-corrected chi connectivity index (χ3v) is 2.74. The predicted octanol–water partition coefficient (Wildman–Crippen LogP) is 1.05. The molecule has 4 nitrogen and oxygen atoms in total. The highest BCUT2D eigenvalue weighted by Crippen LogP contribution is 2.15. The Labute approximate surface area is 85.8 Å². The largest absolute Gasteiger partial charge is 0.273 e. The maximum Gasteiger partial charge on any atom is 0.245 e. The molecule has 0 spiro atoms. The zero-order chi connectivity index (χ0) is 9.80. The van der Waals surface area contributed by atoms with E-state index in [1.807, 2.05) is 18.2 Å². The van der Waals surface area contributed by atoms with Gasteiger partial charge in [-0.15, -0.1) is 11.8 Å². The lowest BCUT2D eigenvalue weighted by atomic mass is 10.3. The zero-order valence-electron chi connectivity index (χ0n) is 7.43. The van der Waals surface area contributed by atoms with E-state index in [2.05, 4.69) is 15.5 Å². The minimum Gasteiger partial charge on any atom is -0.273 e. The van der Waals surface area contributed by atoms with Crippen LogP contribution in [0.5, 0.6) is 0 Å². The maximum atomic E-state index is 10.8. The monoisotopic (exact) mass is 207 g/mol. The van der Waals surface area contributed by atoms with Crippen molar-refractivity contribution in [1.82, 2.24) is 10.4 Å². The number of hydrogen-bond acceptors (Lipinski definition) is 4. The van der Waals surface area contributed by atoms with Crippen LogP contribution in [-0.2, 0) is 4.79 Å². The summed E-state index contributed by atoms with van der Waals surface area (Å²) in [5.41, 5.74) is 3.30. The van der Waals surface area contributed by atoms with Gasteiger partial charge in [0.25, 0.3) is 0 Å². The predicted molar refractivity (Wildman–Crippen MR) is 55.2 cm³/mol. The summed E-state index contributed by atoms with van der Waals surface area (Å²) in [6.07, 6.45) is 2.17. The molecule has 0 unspecified atom stereocenters. The second-order valence-corrected chi connectivity index (χ2v) is 3.84. The van der Waals surface area contributed by atoms with Crippen LogP contribution in [0.4, 0.5) is 0 Å². The quantitative estimate of drug-likeness (QED) is 0.754. The third kappa shape index (κ3) is 2.32. The van der Waals surface area contributed by atoms with Gasteiger partial charge in [-0.1, -0.05) is 6.07 Å². The van der Waals surface area contributed by atoms with Gasteiger partial charge in [-0.2, -0.15) is 5.10 Å². The number of nitrogens with zero attached hydrogens (tertiary/aromatic N) is 2. The first-order valence-electron chi connectivity index (χ1n) is 4.23.